The number of carbonyl (C=O) groups excluding carboxylic acids is 2. The first kappa shape index (κ1) is 29.5. The largest absolute Gasteiger partial charge is 0.416 e. The summed E-state index contributed by atoms with van der Waals surface area (Å²) >= 11 is 1.08. The fourth-order valence-electron chi connectivity index (χ4n) is 4.34. The summed E-state index contributed by atoms with van der Waals surface area (Å²) in [5, 5.41) is 2.85. The van der Waals surface area contributed by atoms with Crippen molar-refractivity contribution in [2.75, 3.05) is 13.1 Å². The van der Waals surface area contributed by atoms with Crippen molar-refractivity contribution in [2.24, 2.45) is 0 Å². The molecule has 0 radical (unpaired) electrons. The summed E-state index contributed by atoms with van der Waals surface area (Å²) in [5.41, 5.74) is -2.41. The Hall–Kier alpha value is -3.52. The van der Waals surface area contributed by atoms with Gasteiger partial charge in [0.05, 0.1) is 35.7 Å². The third-order valence-electron chi connectivity index (χ3n) is 6.14. The molecule has 1 aliphatic rings. The molecule has 3 atom stereocenters. The number of thiazole rings is 1. The van der Waals surface area contributed by atoms with E-state index in [0.717, 1.165) is 17.4 Å². The lowest BCUT2D eigenvalue weighted by atomic mass is 10.0. The van der Waals surface area contributed by atoms with E-state index in [1.165, 1.54) is 25.5 Å². The summed E-state index contributed by atoms with van der Waals surface area (Å²) in [6, 6.07) is 0.655. The topological polar surface area (TPSA) is 97.3 Å². The molecule has 0 saturated carbocycles. The molecule has 1 aliphatic heterocycles. The monoisotopic (exact) mass is 583 g/mol. The standard InChI is InChI=1S/C26H26F5N5O3S/c1-13-11-36(12-14(2)39-13)24(38)19-10-34-23(40-19)21-20(32-5-6-33-21)15(3)35-22(37)16-7-17(25(4,27)28)9-18(8-16)26(29,30)31/h5-10,13-15H,11-12H2,1-4H3,(H,35,37)/t13-,14+,15?. The maximum absolute atomic E-state index is 13.9. The zero-order chi connectivity index (χ0) is 29.4. The quantitative estimate of drug-likeness (QED) is 0.387. The minimum atomic E-state index is -4.93. The Morgan fingerprint density at radius 1 is 1.02 bits per heavy atom. The van der Waals surface area contributed by atoms with Crippen molar-refractivity contribution in [3.63, 3.8) is 0 Å². The molecule has 1 aromatic carbocycles. The first-order valence-electron chi connectivity index (χ1n) is 12.3. The number of halogens is 5. The van der Waals surface area contributed by atoms with E-state index in [1.54, 1.807) is 4.90 Å². The van der Waals surface area contributed by atoms with E-state index in [9.17, 15) is 31.5 Å². The van der Waals surface area contributed by atoms with Gasteiger partial charge in [0.1, 0.15) is 15.6 Å². The second kappa shape index (κ2) is 11.2. The number of alkyl halides is 5. The number of amides is 2. The van der Waals surface area contributed by atoms with Crippen LogP contribution in [0.4, 0.5) is 22.0 Å². The van der Waals surface area contributed by atoms with Crippen LogP contribution in [0.15, 0.2) is 36.8 Å². The molecule has 4 rings (SSSR count). The Kier molecular flexibility index (Phi) is 8.22. The van der Waals surface area contributed by atoms with E-state index >= 15 is 0 Å². The summed E-state index contributed by atoms with van der Waals surface area (Å²) in [4.78, 5) is 40.9. The van der Waals surface area contributed by atoms with Crippen molar-refractivity contribution in [2.45, 2.75) is 58.0 Å². The molecule has 1 N–H and O–H groups in total. The Labute approximate surface area is 230 Å². The molecular weight excluding hydrogens is 557 g/mol. The predicted octanol–water partition coefficient (Wildman–Crippen LogP) is 5.47. The molecule has 14 heteroatoms. The maximum Gasteiger partial charge on any atom is 0.416 e. The van der Waals surface area contributed by atoms with Crippen LogP contribution < -0.4 is 5.32 Å². The van der Waals surface area contributed by atoms with Gasteiger partial charge in [-0.05, 0) is 39.0 Å². The van der Waals surface area contributed by atoms with Crippen molar-refractivity contribution in [3.8, 4) is 10.7 Å². The van der Waals surface area contributed by atoms with E-state index in [-0.39, 0.29) is 29.5 Å². The molecule has 1 saturated heterocycles. The van der Waals surface area contributed by atoms with Crippen LogP contribution in [0.25, 0.3) is 10.7 Å². The highest BCUT2D eigenvalue weighted by molar-refractivity contribution is 7.16. The summed E-state index contributed by atoms with van der Waals surface area (Å²) in [5.74, 6) is -4.83. The molecule has 8 nitrogen and oxygen atoms in total. The molecule has 0 aliphatic carbocycles. The Balaban J connectivity index is 1.58. The molecule has 214 valence electrons. The van der Waals surface area contributed by atoms with Gasteiger partial charge in [-0.25, -0.2) is 13.8 Å². The molecule has 0 bridgehead atoms. The fraction of sp³-hybridized carbons (Fsp3) is 0.423. The molecule has 0 spiro atoms. The van der Waals surface area contributed by atoms with E-state index < -0.39 is 40.7 Å². The first-order chi connectivity index (χ1) is 18.6. The van der Waals surface area contributed by atoms with Gasteiger partial charge in [0.25, 0.3) is 17.7 Å². The van der Waals surface area contributed by atoms with Gasteiger partial charge in [-0.3, -0.25) is 19.6 Å². The van der Waals surface area contributed by atoms with Gasteiger partial charge in [-0.1, -0.05) is 0 Å². The van der Waals surface area contributed by atoms with Crippen LogP contribution in [0.5, 0.6) is 0 Å². The number of ether oxygens (including phenoxy) is 1. The van der Waals surface area contributed by atoms with Crippen LogP contribution in [0.3, 0.4) is 0 Å². The number of nitrogens with one attached hydrogen (secondary N) is 1. The van der Waals surface area contributed by atoms with E-state index in [0.29, 0.717) is 42.0 Å². The highest BCUT2D eigenvalue weighted by atomic mass is 32.1. The van der Waals surface area contributed by atoms with Gasteiger partial charge >= 0.3 is 6.18 Å². The number of morpholine rings is 1. The minimum Gasteiger partial charge on any atom is -0.372 e. The van der Waals surface area contributed by atoms with E-state index in [1.807, 2.05) is 13.8 Å². The van der Waals surface area contributed by atoms with Crippen LogP contribution in [0.2, 0.25) is 0 Å². The molecule has 3 aromatic rings. The van der Waals surface area contributed by atoms with Crippen LogP contribution in [-0.2, 0) is 16.8 Å². The lowest BCUT2D eigenvalue weighted by Gasteiger charge is -2.35. The van der Waals surface area contributed by atoms with Crippen molar-refractivity contribution in [3.05, 3.63) is 64.1 Å². The van der Waals surface area contributed by atoms with Gasteiger partial charge in [0.15, 0.2) is 0 Å². The van der Waals surface area contributed by atoms with Gasteiger partial charge in [0, 0.05) is 43.5 Å². The highest BCUT2D eigenvalue weighted by Gasteiger charge is 2.35. The Morgan fingerprint density at radius 2 is 1.65 bits per heavy atom. The second-order valence-corrected chi connectivity index (χ2v) is 10.7. The summed E-state index contributed by atoms with van der Waals surface area (Å²) in [6.07, 6.45) is -0.997. The smallest absolute Gasteiger partial charge is 0.372 e. The van der Waals surface area contributed by atoms with Crippen LogP contribution in [0, 0.1) is 0 Å². The summed E-state index contributed by atoms with van der Waals surface area (Å²) in [7, 11) is 0. The van der Waals surface area contributed by atoms with Crippen molar-refractivity contribution < 1.29 is 36.3 Å². The van der Waals surface area contributed by atoms with Gasteiger partial charge < -0.3 is 15.0 Å². The molecule has 3 heterocycles. The normalized spacial score (nSPS) is 18.9. The number of hydrogen-bond donors (Lipinski definition) is 1. The first-order valence-corrected chi connectivity index (χ1v) is 13.1. The van der Waals surface area contributed by atoms with Crippen LogP contribution in [-0.4, -0.2) is 57.0 Å². The Morgan fingerprint density at radius 3 is 2.27 bits per heavy atom. The summed E-state index contributed by atoms with van der Waals surface area (Å²) in [6.45, 7) is 6.58. The average molecular weight is 584 g/mol. The fourth-order valence-corrected chi connectivity index (χ4v) is 5.23. The molecule has 1 fully saturated rings. The van der Waals surface area contributed by atoms with Gasteiger partial charge in [0.2, 0.25) is 0 Å². The third-order valence-corrected chi connectivity index (χ3v) is 7.13. The zero-order valence-corrected chi connectivity index (χ0v) is 22.7. The number of nitrogens with zero attached hydrogens (tertiary/aromatic N) is 4. The number of carbonyl (C=O) groups is 2. The van der Waals surface area contributed by atoms with E-state index in [4.69, 9.17) is 4.74 Å². The number of benzene rings is 1. The molecule has 2 aromatic heterocycles. The average Bonchev–Trinajstić information content (AvgIpc) is 3.36. The number of hydrogen-bond acceptors (Lipinski definition) is 7. The molecule has 40 heavy (non-hydrogen) atoms. The highest BCUT2D eigenvalue weighted by Crippen LogP contribution is 2.36. The SMILES string of the molecule is CC(NC(=O)c1cc(C(C)(F)F)cc(C(F)(F)F)c1)c1nccnc1-c1ncc(C(=O)N2C[C@@H](C)O[C@@H](C)C2)s1. The second-order valence-electron chi connectivity index (χ2n) is 9.67. The van der Waals surface area contributed by atoms with Crippen molar-refractivity contribution in [1.82, 2.24) is 25.2 Å². The van der Waals surface area contributed by atoms with Crippen LogP contribution in [0.1, 0.15) is 70.6 Å². The zero-order valence-electron chi connectivity index (χ0n) is 21.9. The number of rotatable bonds is 6. The third kappa shape index (κ3) is 6.61. The van der Waals surface area contributed by atoms with Crippen molar-refractivity contribution in [1.29, 1.82) is 0 Å². The lowest BCUT2D eigenvalue weighted by molar-refractivity contribution is -0.137. The molecular formula is C26H26F5N5O3S. The van der Waals surface area contributed by atoms with Crippen LogP contribution >= 0.6 is 11.3 Å². The molecule has 1 unspecified atom stereocenters. The minimum absolute atomic E-state index is 0.118. The van der Waals surface area contributed by atoms with E-state index in [2.05, 4.69) is 20.3 Å². The van der Waals surface area contributed by atoms with Gasteiger partial charge in [-0.2, -0.15) is 13.2 Å². The molecule has 2 amide bonds. The number of aromatic nitrogens is 3. The van der Waals surface area contributed by atoms with Gasteiger partial charge in [-0.15, -0.1) is 11.3 Å². The lowest BCUT2D eigenvalue weighted by Crippen LogP contribution is -2.48. The maximum atomic E-state index is 13.9. The Bertz CT molecular complexity index is 1370. The summed E-state index contributed by atoms with van der Waals surface area (Å²) < 4.78 is 73.5. The van der Waals surface area contributed by atoms with Crippen molar-refractivity contribution >= 4 is 23.2 Å². The predicted molar refractivity (Wildman–Crippen MR) is 136 cm³/mol.